The van der Waals surface area contributed by atoms with Crippen LogP contribution < -0.4 is 11.1 Å². The molecule has 4 aromatic rings. The zero-order valence-electron chi connectivity index (χ0n) is 11.1. The van der Waals surface area contributed by atoms with E-state index in [2.05, 4.69) is 15.3 Å². The Labute approximate surface area is 120 Å². The summed E-state index contributed by atoms with van der Waals surface area (Å²) in [7, 11) is 0. The van der Waals surface area contributed by atoms with Crippen molar-refractivity contribution in [2.24, 2.45) is 0 Å². The minimum Gasteiger partial charge on any atom is -0.423 e. The molecular formula is C16H12N4O. The fraction of sp³-hybridized carbons (Fsp3) is 0. The summed E-state index contributed by atoms with van der Waals surface area (Å²) in [5, 5.41) is 4.23. The van der Waals surface area contributed by atoms with E-state index in [1.54, 1.807) is 18.3 Å². The van der Waals surface area contributed by atoms with Crippen LogP contribution in [0.1, 0.15) is 0 Å². The molecule has 2 heterocycles. The molecule has 0 saturated heterocycles. The van der Waals surface area contributed by atoms with Crippen LogP contribution >= 0.6 is 0 Å². The van der Waals surface area contributed by atoms with Gasteiger partial charge in [0, 0.05) is 23.3 Å². The number of oxazole rings is 1. The van der Waals surface area contributed by atoms with Crippen molar-refractivity contribution >= 4 is 39.4 Å². The second kappa shape index (κ2) is 4.49. The first-order valence-electron chi connectivity index (χ1n) is 6.56. The second-order valence-electron chi connectivity index (χ2n) is 4.75. The lowest BCUT2D eigenvalue weighted by atomic mass is 10.2. The van der Waals surface area contributed by atoms with Crippen LogP contribution in [-0.4, -0.2) is 9.97 Å². The summed E-state index contributed by atoms with van der Waals surface area (Å²) in [5.41, 5.74) is 9.54. The van der Waals surface area contributed by atoms with Gasteiger partial charge in [0.2, 0.25) is 0 Å². The van der Waals surface area contributed by atoms with Crippen molar-refractivity contribution < 1.29 is 4.42 Å². The number of pyridine rings is 1. The largest absolute Gasteiger partial charge is 0.423 e. The van der Waals surface area contributed by atoms with E-state index in [0.717, 1.165) is 22.1 Å². The van der Waals surface area contributed by atoms with E-state index in [9.17, 15) is 0 Å². The molecule has 102 valence electrons. The molecule has 0 aliphatic rings. The quantitative estimate of drug-likeness (QED) is 0.546. The maximum absolute atomic E-state index is 5.74. The topological polar surface area (TPSA) is 77.0 Å². The molecule has 5 heteroatoms. The number of rotatable bonds is 2. The van der Waals surface area contributed by atoms with Crippen LogP contribution in [0.15, 0.2) is 59.1 Å². The zero-order valence-corrected chi connectivity index (χ0v) is 11.1. The summed E-state index contributed by atoms with van der Waals surface area (Å²) in [6, 6.07) is 15.7. The third-order valence-electron chi connectivity index (χ3n) is 3.29. The van der Waals surface area contributed by atoms with Gasteiger partial charge < -0.3 is 15.5 Å². The number of para-hydroxylation sites is 1. The van der Waals surface area contributed by atoms with Crippen molar-refractivity contribution in [2.75, 3.05) is 11.1 Å². The molecule has 0 unspecified atom stereocenters. The summed E-state index contributed by atoms with van der Waals surface area (Å²) >= 11 is 0. The fourth-order valence-corrected chi connectivity index (χ4v) is 2.31. The van der Waals surface area contributed by atoms with Crippen molar-refractivity contribution in [1.29, 1.82) is 0 Å². The molecule has 0 atom stereocenters. The monoisotopic (exact) mass is 276 g/mol. The van der Waals surface area contributed by atoms with Gasteiger partial charge in [0.1, 0.15) is 5.52 Å². The van der Waals surface area contributed by atoms with Crippen molar-refractivity contribution in [3.05, 3.63) is 54.7 Å². The van der Waals surface area contributed by atoms with Gasteiger partial charge in [-0.15, -0.1) is 0 Å². The van der Waals surface area contributed by atoms with Gasteiger partial charge >= 0.3 is 0 Å². The van der Waals surface area contributed by atoms with Crippen molar-refractivity contribution in [1.82, 2.24) is 9.97 Å². The highest BCUT2D eigenvalue weighted by atomic mass is 16.4. The number of nitrogens with two attached hydrogens (primary N) is 1. The standard InChI is InChI=1S/C16H12N4O/c17-11-6-7-12-14(9-11)21-16(19-12)20-13-5-1-3-10-4-2-8-18-15(10)13/h1-9H,17H2,(H,19,20). The van der Waals surface area contributed by atoms with E-state index in [0.29, 0.717) is 17.3 Å². The second-order valence-corrected chi connectivity index (χ2v) is 4.75. The molecule has 3 N–H and O–H groups in total. The van der Waals surface area contributed by atoms with E-state index >= 15 is 0 Å². The predicted octanol–water partition coefficient (Wildman–Crippen LogP) is 3.70. The molecule has 2 aromatic heterocycles. The van der Waals surface area contributed by atoms with Gasteiger partial charge in [-0.25, -0.2) is 0 Å². The van der Waals surface area contributed by atoms with E-state index in [-0.39, 0.29) is 0 Å². The molecule has 0 spiro atoms. The van der Waals surface area contributed by atoms with E-state index < -0.39 is 0 Å². The Bertz CT molecular complexity index is 940. The number of nitrogen functional groups attached to an aromatic ring is 1. The van der Waals surface area contributed by atoms with Crippen LogP contribution in [-0.2, 0) is 0 Å². The minimum atomic E-state index is 0.425. The predicted molar refractivity (Wildman–Crippen MR) is 83.4 cm³/mol. The highest BCUT2D eigenvalue weighted by Crippen LogP contribution is 2.27. The van der Waals surface area contributed by atoms with E-state index in [1.807, 2.05) is 36.4 Å². The van der Waals surface area contributed by atoms with Crippen LogP contribution in [0.25, 0.3) is 22.0 Å². The summed E-state index contributed by atoms with van der Waals surface area (Å²) in [4.78, 5) is 8.79. The number of fused-ring (bicyclic) bond motifs is 2. The molecule has 0 aliphatic carbocycles. The molecule has 0 fully saturated rings. The molecule has 21 heavy (non-hydrogen) atoms. The summed E-state index contributed by atoms with van der Waals surface area (Å²) < 4.78 is 5.67. The average molecular weight is 276 g/mol. The normalized spacial score (nSPS) is 11.0. The highest BCUT2D eigenvalue weighted by Gasteiger charge is 2.08. The molecule has 2 aromatic carbocycles. The van der Waals surface area contributed by atoms with Gasteiger partial charge in [-0.2, -0.15) is 4.98 Å². The number of benzene rings is 2. The summed E-state index contributed by atoms with van der Waals surface area (Å²) in [6.07, 6.45) is 1.76. The van der Waals surface area contributed by atoms with Gasteiger partial charge in [0.15, 0.2) is 5.58 Å². The number of nitrogens with one attached hydrogen (secondary N) is 1. The first-order valence-corrected chi connectivity index (χ1v) is 6.56. The number of aromatic nitrogens is 2. The zero-order chi connectivity index (χ0) is 14.2. The van der Waals surface area contributed by atoms with Gasteiger partial charge in [0.05, 0.1) is 11.2 Å². The minimum absolute atomic E-state index is 0.425. The average Bonchev–Trinajstić information content (AvgIpc) is 2.89. The first-order chi connectivity index (χ1) is 10.3. The Morgan fingerprint density at radius 1 is 1.05 bits per heavy atom. The van der Waals surface area contributed by atoms with Crippen LogP contribution in [0.4, 0.5) is 17.4 Å². The lowest BCUT2D eigenvalue weighted by Gasteiger charge is -2.04. The smallest absolute Gasteiger partial charge is 0.300 e. The van der Waals surface area contributed by atoms with Gasteiger partial charge in [-0.05, 0) is 24.3 Å². The summed E-state index contributed by atoms with van der Waals surface area (Å²) in [6.45, 7) is 0. The first kappa shape index (κ1) is 11.7. The van der Waals surface area contributed by atoms with Crippen LogP contribution in [0, 0.1) is 0 Å². The van der Waals surface area contributed by atoms with Crippen LogP contribution in [0.5, 0.6) is 0 Å². The Kier molecular flexibility index (Phi) is 2.50. The lowest BCUT2D eigenvalue weighted by Crippen LogP contribution is -1.92. The number of nitrogens with zero attached hydrogens (tertiary/aromatic N) is 2. The third kappa shape index (κ3) is 2.04. The molecule has 0 amide bonds. The molecule has 4 rings (SSSR count). The Hall–Kier alpha value is -3.08. The number of hydrogen-bond donors (Lipinski definition) is 2. The van der Waals surface area contributed by atoms with E-state index in [4.69, 9.17) is 10.2 Å². The van der Waals surface area contributed by atoms with E-state index in [1.165, 1.54) is 0 Å². The van der Waals surface area contributed by atoms with Gasteiger partial charge in [-0.3, -0.25) is 4.98 Å². The molecule has 5 nitrogen and oxygen atoms in total. The Balaban J connectivity index is 1.79. The Morgan fingerprint density at radius 2 is 1.95 bits per heavy atom. The SMILES string of the molecule is Nc1ccc2nc(Nc3cccc4cccnc34)oc2c1. The number of hydrogen-bond acceptors (Lipinski definition) is 5. The summed E-state index contributed by atoms with van der Waals surface area (Å²) in [5.74, 6) is 0. The highest BCUT2D eigenvalue weighted by molar-refractivity contribution is 5.91. The van der Waals surface area contributed by atoms with Gasteiger partial charge in [-0.1, -0.05) is 18.2 Å². The maximum atomic E-state index is 5.74. The maximum Gasteiger partial charge on any atom is 0.300 e. The lowest BCUT2D eigenvalue weighted by molar-refractivity contribution is 0.623. The Morgan fingerprint density at radius 3 is 2.90 bits per heavy atom. The molecular weight excluding hydrogens is 264 g/mol. The molecule has 0 saturated carbocycles. The fourth-order valence-electron chi connectivity index (χ4n) is 2.31. The van der Waals surface area contributed by atoms with Gasteiger partial charge in [0.25, 0.3) is 6.01 Å². The van der Waals surface area contributed by atoms with Crippen LogP contribution in [0.3, 0.4) is 0 Å². The van der Waals surface area contributed by atoms with Crippen LogP contribution in [0.2, 0.25) is 0 Å². The number of anilines is 3. The van der Waals surface area contributed by atoms with Crippen molar-refractivity contribution in [3.8, 4) is 0 Å². The van der Waals surface area contributed by atoms with Crippen molar-refractivity contribution in [3.63, 3.8) is 0 Å². The van der Waals surface area contributed by atoms with Crippen molar-refractivity contribution in [2.45, 2.75) is 0 Å². The molecule has 0 bridgehead atoms. The molecule has 0 radical (unpaired) electrons. The molecule has 0 aliphatic heterocycles. The third-order valence-corrected chi connectivity index (χ3v) is 3.29.